The number of morpholine rings is 1. The summed E-state index contributed by atoms with van der Waals surface area (Å²) in [6.07, 6.45) is 8.91. The quantitative estimate of drug-likeness (QED) is 0.483. The van der Waals surface area contributed by atoms with Crippen molar-refractivity contribution in [2.45, 2.75) is 44.6 Å². The lowest BCUT2D eigenvalue weighted by Gasteiger charge is -2.26. The van der Waals surface area contributed by atoms with Crippen LogP contribution in [0.1, 0.15) is 38.5 Å². The van der Waals surface area contributed by atoms with Crippen molar-refractivity contribution in [1.82, 2.24) is 10.2 Å². The Morgan fingerprint density at radius 2 is 1.85 bits per heavy atom. The normalized spacial score (nSPS) is 21.9. The van der Waals surface area contributed by atoms with Gasteiger partial charge in [0, 0.05) is 25.3 Å². The Morgan fingerprint density at radius 3 is 2.45 bits per heavy atom. The van der Waals surface area contributed by atoms with Gasteiger partial charge in [0.25, 0.3) is 5.91 Å². The van der Waals surface area contributed by atoms with Crippen LogP contribution in [0, 0.1) is 11.3 Å². The molecule has 0 aromatic heterocycles. The fourth-order valence-electron chi connectivity index (χ4n) is 2.73. The molecule has 0 bridgehead atoms. The number of ether oxygens (including phenoxy) is 1. The topological polar surface area (TPSA) is 65.4 Å². The Labute approximate surface area is 120 Å². The molecule has 0 atom stereocenters. The van der Waals surface area contributed by atoms with Crippen LogP contribution in [0.4, 0.5) is 0 Å². The third-order valence-electron chi connectivity index (χ3n) is 3.97. The highest BCUT2D eigenvalue weighted by molar-refractivity contribution is 5.97. The van der Waals surface area contributed by atoms with Gasteiger partial charge in [0.2, 0.25) is 0 Å². The highest BCUT2D eigenvalue weighted by Crippen LogP contribution is 2.17. The molecule has 0 spiro atoms. The molecule has 0 unspecified atom stereocenters. The fourth-order valence-corrected chi connectivity index (χ4v) is 2.73. The molecule has 110 valence electrons. The maximum atomic E-state index is 12.2. The second kappa shape index (κ2) is 7.91. The highest BCUT2D eigenvalue weighted by Gasteiger charge is 2.21. The molecule has 0 radical (unpaired) electrons. The summed E-state index contributed by atoms with van der Waals surface area (Å²) in [7, 11) is 0. The highest BCUT2D eigenvalue weighted by atomic mass is 16.5. The molecule has 1 amide bonds. The minimum absolute atomic E-state index is 0.183. The van der Waals surface area contributed by atoms with Gasteiger partial charge in [-0.05, 0) is 12.8 Å². The SMILES string of the molecule is N#C/C(=C/NC1CCCCCC1)C(=O)N1CCOCC1. The maximum Gasteiger partial charge on any atom is 0.266 e. The first-order chi connectivity index (χ1) is 9.81. The van der Waals surface area contributed by atoms with Crippen molar-refractivity contribution >= 4 is 5.91 Å². The maximum absolute atomic E-state index is 12.2. The number of amides is 1. The number of nitrogens with one attached hydrogen (secondary N) is 1. The molecule has 0 aromatic carbocycles. The number of nitrogens with zero attached hydrogens (tertiary/aromatic N) is 2. The van der Waals surface area contributed by atoms with Crippen LogP contribution < -0.4 is 5.32 Å². The first-order valence-corrected chi connectivity index (χ1v) is 7.54. The number of rotatable bonds is 3. The van der Waals surface area contributed by atoms with E-state index in [9.17, 15) is 10.1 Å². The lowest BCUT2D eigenvalue weighted by Crippen LogP contribution is -2.41. The van der Waals surface area contributed by atoms with Crippen LogP contribution in [0.2, 0.25) is 0 Å². The lowest BCUT2D eigenvalue weighted by atomic mass is 10.1. The zero-order chi connectivity index (χ0) is 14.2. The van der Waals surface area contributed by atoms with Crippen LogP contribution >= 0.6 is 0 Å². The molecule has 1 saturated heterocycles. The average molecular weight is 277 g/mol. The Morgan fingerprint density at radius 1 is 1.20 bits per heavy atom. The molecular weight excluding hydrogens is 254 g/mol. The summed E-state index contributed by atoms with van der Waals surface area (Å²) in [6.45, 7) is 2.25. The molecule has 5 nitrogen and oxygen atoms in total. The zero-order valence-corrected chi connectivity index (χ0v) is 11.9. The number of hydrogen-bond donors (Lipinski definition) is 1. The molecule has 1 aliphatic carbocycles. The van der Waals surface area contributed by atoms with Crippen LogP contribution in [-0.2, 0) is 9.53 Å². The van der Waals surface area contributed by atoms with Gasteiger partial charge in [-0.2, -0.15) is 5.26 Å². The van der Waals surface area contributed by atoms with Crippen LogP contribution in [0.25, 0.3) is 0 Å². The Hall–Kier alpha value is -1.54. The van der Waals surface area contributed by atoms with E-state index in [1.54, 1.807) is 11.1 Å². The van der Waals surface area contributed by atoms with E-state index in [4.69, 9.17) is 4.74 Å². The van der Waals surface area contributed by atoms with E-state index < -0.39 is 0 Å². The van der Waals surface area contributed by atoms with Gasteiger partial charge < -0.3 is 15.0 Å². The summed E-state index contributed by atoms with van der Waals surface area (Å²) in [6, 6.07) is 2.42. The lowest BCUT2D eigenvalue weighted by molar-refractivity contribution is -0.130. The van der Waals surface area contributed by atoms with E-state index in [1.807, 2.05) is 6.07 Å². The largest absolute Gasteiger partial charge is 0.387 e. The molecule has 1 saturated carbocycles. The van der Waals surface area contributed by atoms with Gasteiger partial charge in [0.05, 0.1) is 13.2 Å². The van der Waals surface area contributed by atoms with E-state index >= 15 is 0 Å². The van der Waals surface area contributed by atoms with E-state index in [2.05, 4.69) is 5.32 Å². The van der Waals surface area contributed by atoms with Gasteiger partial charge in [0.15, 0.2) is 0 Å². The van der Waals surface area contributed by atoms with Crippen LogP contribution in [0.15, 0.2) is 11.8 Å². The summed E-state index contributed by atoms with van der Waals surface area (Å²) in [5.74, 6) is -0.183. The van der Waals surface area contributed by atoms with Crippen molar-refractivity contribution in [3.63, 3.8) is 0 Å². The van der Waals surface area contributed by atoms with E-state index in [-0.39, 0.29) is 11.5 Å². The molecule has 2 fully saturated rings. The third-order valence-corrected chi connectivity index (χ3v) is 3.97. The summed E-state index contributed by atoms with van der Waals surface area (Å²) >= 11 is 0. The van der Waals surface area contributed by atoms with Crippen molar-refractivity contribution in [2.24, 2.45) is 0 Å². The van der Waals surface area contributed by atoms with E-state index in [0.29, 0.717) is 32.3 Å². The van der Waals surface area contributed by atoms with Crippen molar-refractivity contribution in [2.75, 3.05) is 26.3 Å². The Bertz CT molecular complexity index is 386. The van der Waals surface area contributed by atoms with Gasteiger partial charge >= 0.3 is 0 Å². The van der Waals surface area contributed by atoms with Crippen molar-refractivity contribution in [3.8, 4) is 6.07 Å². The second-order valence-corrected chi connectivity index (χ2v) is 5.43. The zero-order valence-electron chi connectivity index (χ0n) is 11.9. The van der Waals surface area contributed by atoms with Gasteiger partial charge in [-0.15, -0.1) is 0 Å². The average Bonchev–Trinajstić information content (AvgIpc) is 2.77. The summed E-state index contributed by atoms with van der Waals surface area (Å²) in [5.41, 5.74) is 0.205. The molecule has 1 aliphatic heterocycles. The van der Waals surface area contributed by atoms with Crippen LogP contribution in [0.3, 0.4) is 0 Å². The molecule has 2 rings (SSSR count). The fraction of sp³-hybridized carbons (Fsp3) is 0.733. The molecule has 1 N–H and O–H groups in total. The molecular formula is C15H23N3O2. The number of hydrogen-bond acceptors (Lipinski definition) is 4. The number of carbonyl (C=O) groups excluding carboxylic acids is 1. The molecule has 20 heavy (non-hydrogen) atoms. The minimum atomic E-state index is -0.183. The van der Waals surface area contributed by atoms with E-state index in [1.165, 1.54) is 25.7 Å². The van der Waals surface area contributed by atoms with Crippen molar-refractivity contribution in [3.05, 3.63) is 11.8 Å². The van der Waals surface area contributed by atoms with Gasteiger partial charge in [-0.3, -0.25) is 4.79 Å². The second-order valence-electron chi connectivity index (χ2n) is 5.43. The minimum Gasteiger partial charge on any atom is -0.387 e. The van der Waals surface area contributed by atoms with E-state index in [0.717, 1.165) is 12.8 Å². The van der Waals surface area contributed by atoms with Gasteiger partial charge in [0.1, 0.15) is 11.6 Å². The monoisotopic (exact) mass is 277 g/mol. The smallest absolute Gasteiger partial charge is 0.266 e. The first-order valence-electron chi connectivity index (χ1n) is 7.54. The predicted octanol–water partition coefficient (Wildman–Crippen LogP) is 1.57. The van der Waals surface area contributed by atoms with Gasteiger partial charge in [-0.25, -0.2) is 0 Å². The molecule has 5 heteroatoms. The van der Waals surface area contributed by atoms with Gasteiger partial charge in [-0.1, -0.05) is 25.7 Å². The van der Waals surface area contributed by atoms with Crippen LogP contribution in [0.5, 0.6) is 0 Å². The predicted molar refractivity (Wildman–Crippen MR) is 75.7 cm³/mol. The third kappa shape index (κ3) is 4.24. The molecule has 2 aliphatic rings. The molecule has 1 heterocycles. The van der Waals surface area contributed by atoms with Crippen LogP contribution in [-0.4, -0.2) is 43.2 Å². The molecule has 0 aromatic rings. The van der Waals surface area contributed by atoms with Crippen molar-refractivity contribution in [1.29, 1.82) is 5.26 Å². The standard InChI is InChI=1S/C15H23N3O2/c16-11-13(15(19)18-7-9-20-10-8-18)12-17-14-5-3-1-2-4-6-14/h12,14,17H,1-10H2/b13-12-. The van der Waals surface area contributed by atoms with Crippen molar-refractivity contribution < 1.29 is 9.53 Å². The Balaban J connectivity index is 1.90. The summed E-state index contributed by atoms with van der Waals surface area (Å²) in [5, 5.41) is 12.4. The summed E-state index contributed by atoms with van der Waals surface area (Å²) < 4.78 is 5.22. The number of nitriles is 1. The summed E-state index contributed by atoms with van der Waals surface area (Å²) in [4.78, 5) is 13.9. The first kappa shape index (κ1) is 14.9. The Kier molecular flexibility index (Phi) is 5.87. The number of carbonyl (C=O) groups is 1.